The van der Waals surface area contributed by atoms with Gasteiger partial charge in [0.15, 0.2) is 11.5 Å². The summed E-state index contributed by atoms with van der Waals surface area (Å²) in [6, 6.07) is 6.58. The van der Waals surface area contributed by atoms with Gasteiger partial charge in [-0.2, -0.15) is 0 Å². The van der Waals surface area contributed by atoms with Gasteiger partial charge in [-0.25, -0.2) is 9.78 Å². The Morgan fingerprint density at radius 3 is 2.45 bits per heavy atom. The van der Waals surface area contributed by atoms with E-state index in [4.69, 9.17) is 5.11 Å². The van der Waals surface area contributed by atoms with Crippen molar-refractivity contribution in [1.29, 1.82) is 0 Å². The van der Waals surface area contributed by atoms with Gasteiger partial charge in [-0.15, -0.1) is 0 Å². The molecule has 1 heterocycles. The number of aromatic carboxylic acids is 1. The minimum Gasteiger partial charge on any atom is -0.504 e. The number of nitrogens with one attached hydrogen (secondary N) is 1. The maximum atomic E-state index is 11.9. The van der Waals surface area contributed by atoms with E-state index in [1.54, 1.807) is 0 Å². The fourth-order valence-corrected chi connectivity index (χ4v) is 1.49. The molecule has 0 fully saturated rings. The molecule has 0 radical (unpaired) electrons. The van der Waals surface area contributed by atoms with Crippen LogP contribution in [0.4, 0.5) is 5.82 Å². The zero-order chi connectivity index (χ0) is 14.7. The smallest absolute Gasteiger partial charge is 0.337 e. The summed E-state index contributed by atoms with van der Waals surface area (Å²) < 4.78 is 0. The third kappa shape index (κ3) is 2.66. The molecule has 0 atom stereocenters. The topological polar surface area (TPSA) is 120 Å². The molecule has 0 unspecified atom stereocenters. The number of carboxylic acids is 1. The lowest BCUT2D eigenvalue weighted by molar-refractivity contribution is 0.0696. The monoisotopic (exact) mass is 274 g/mol. The first-order valence-electron chi connectivity index (χ1n) is 5.50. The number of pyridine rings is 1. The summed E-state index contributed by atoms with van der Waals surface area (Å²) >= 11 is 0. The second-order valence-corrected chi connectivity index (χ2v) is 3.86. The van der Waals surface area contributed by atoms with E-state index in [2.05, 4.69) is 10.3 Å². The van der Waals surface area contributed by atoms with E-state index in [1.807, 2.05) is 0 Å². The van der Waals surface area contributed by atoms with Crippen LogP contribution < -0.4 is 5.32 Å². The van der Waals surface area contributed by atoms with Crippen LogP contribution in [0.2, 0.25) is 0 Å². The molecule has 7 nitrogen and oxygen atoms in total. The predicted molar refractivity (Wildman–Crippen MR) is 68.9 cm³/mol. The molecule has 1 aromatic carbocycles. The summed E-state index contributed by atoms with van der Waals surface area (Å²) in [4.78, 5) is 26.3. The highest BCUT2D eigenvalue weighted by atomic mass is 16.4. The first kappa shape index (κ1) is 13.3. The molecule has 0 saturated carbocycles. The molecule has 4 N–H and O–H groups in total. The van der Waals surface area contributed by atoms with Crippen molar-refractivity contribution < 1.29 is 24.9 Å². The average Bonchev–Trinajstić information content (AvgIpc) is 2.42. The highest BCUT2D eigenvalue weighted by Crippen LogP contribution is 2.28. The highest BCUT2D eigenvalue weighted by molar-refractivity contribution is 6.06. The normalized spacial score (nSPS) is 10.0. The van der Waals surface area contributed by atoms with Gasteiger partial charge < -0.3 is 20.6 Å². The van der Waals surface area contributed by atoms with Crippen molar-refractivity contribution in [3.05, 3.63) is 47.7 Å². The number of aromatic nitrogens is 1. The standard InChI is InChI=1S/C13H10N2O5/c16-9-3-1-2-8(11(9)17)12(18)15-10-5-4-7(6-14-10)13(19)20/h1-6,16-17H,(H,19,20)(H,14,15,18). The van der Waals surface area contributed by atoms with Crippen LogP contribution in [0.5, 0.6) is 11.5 Å². The largest absolute Gasteiger partial charge is 0.504 e. The Hall–Kier alpha value is -3.09. The molecule has 0 aliphatic rings. The van der Waals surface area contributed by atoms with Gasteiger partial charge >= 0.3 is 5.97 Å². The van der Waals surface area contributed by atoms with Crippen LogP contribution in [0.3, 0.4) is 0 Å². The Kier molecular flexibility index (Phi) is 3.52. The van der Waals surface area contributed by atoms with Gasteiger partial charge in [-0.1, -0.05) is 6.07 Å². The number of aromatic hydroxyl groups is 2. The number of benzene rings is 1. The van der Waals surface area contributed by atoms with E-state index in [-0.39, 0.29) is 16.9 Å². The van der Waals surface area contributed by atoms with Crippen molar-refractivity contribution >= 4 is 17.7 Å². The van der Waals surface area contributed by atoms with Crippen molar-refractivity contribution in [2.24, 2.45) is 0 Å². The van der Waals surface area contributed by atoms with Crippen molar-refractivity contribution in [2.75, 3.05) is 5.32 Å². The van der Waals surface area contributed by atoms with Gasteiger partial charge in [0.2, 0.25) is 0 Å². The number of hydrogen-bond acceptors (Lipinski definition) is 5. The molecule has 20 heavy (non-hydrogen) atoms. The molecule has 0 bridgehead atoms. The molecular formula is C13H10N2O5. The van der Waals surface area contributed by atoms with Gasteiger partial charge in [-0.05, 0) is 24.3 Å². The Labute approximate surface area is 113 Å². The number of phenols is 2. The Morgan fingerprint density at radius 1 is 1.10 bits per heavy atom. The molecule has 2 aromatic rings. The molecule has 2 rings (SSSR count). The van der Waals surface area contributed by atoms with Crippen LogP contribution in [-0.2, 0) is 0 Å². The minimum atomic E-state index is -1.12. The van der Waals surface area contributed by atoms with Gasteiger partial charge in [0.05, 0.1) is 11.1 Å². The zero-order valence-electron chi connectivity index (χ0n) is 10.1. The third-order valence-corrected chi connectivity index (χ3v) is 2.51. The number of para-hydroxylation sites is 1. The number of hydrogen-bond donors (Lipinski definition) is 4. The van der Waals surface area contributed by atoms with Crippen LogP contribution in [0, 0.1) is 0 Å². The van der Waals surface area contributed by atoms with E-state index in [0.29, 0.717) is 0 Å². The quantitative estimate of drug-likeness (QED) is 0.629. The van der Waals surface area contributed by atoms with Crippen molar-refractivity contribution in [3.8, 4) is 11.5 Å². The number of phenolic OH excluding ortho intramolecular Hbond substituents is 2. The van der Waals surface area contributed by atoms with E-state index < -0.39 is 23.4 Å². The summed E-state index contributed by atoms with van der Waals surface area (Å²) in [6.45, 7) is 0. The van der Waals surface area contributed by atoms with E-state index in [9.17, 15) is 19.8 Å². The van der Waals surface area contributed by atoms with Crippen LogP contribution >= 0.6 is 0 Å². The highest BCUT2D eigenvalue weighted by Gasteiger charge is 2.14. The molecule has 0 spiro atoms. The lowest BCUT2D eigenvalue weighted by Gasteiger charge is -2.07. The number of rotatable bonds is 3. The number of nitrogens with zero attached hydrogens (tertiary/aromatic N) is 1. The molecule has 0 aliphatic heterocycles. The SMILES string of the molecule is O=C(O)c1ccc(NC(=O)c2cccc(O)c2O)nc1. The average molecular weight is 274 g/mol. The van der Waals surface area contributed by atoms with E-state index >= 15 is 0 Å². The summed E-state index contributed by atoms with van der Waals surface area (Å²) in [5, 5.41) is 29.9. The summed E-state index contributed by atoms with van der Waals surface area (Å²) in [6.07, 6.45) is 1.10. The number of carbonyl (C=O) groups is 2. The van der Waals surface area contributed by atoms with Gasteiger partial charge in [0.25, 0.3) is 5.91 Å². The van der Waals surface area contributed by atoms with Crippen molar-refractivity contribution in [1.82, 2.24) is 4.98 Å². The fourth-order valence-electron chi connectivity index (χ4n) is 1.49. The molecule has 1 amide bonds. The maximum absolute atomic E-state index is 11.9. The van der Waals surface area contributed by atoms with E-state index in [1.165, 1.54) is 30.3 Å². The number of carboxylic acid groups (broad SMARTS) is 1. The minimum absolute atomic E-state index is 0.0109. The molecule has 0 aliphatic carbocycles. The molecule has 0 saturated heterocycles. The summed E-state index contributed by atoms with van der Waals surface area (Å²) in [5.74, 6) is -2.61. The van der Waals surface area contributed by atoms with Gasteiger partial charge in [-0.3, -0.25) is 4.79 Å². The van der Waals surface area contributed by atoms with Crippen molar-refractivity contribution in [2.45, 2.75) is 0 Å². The maximum Gasteiger partial charge on any atom is 0.337 e. The van der Waals surface area contributed by atoms with Crippen LogP contribution in [0.15, 0.2) is 36.5 Å². The number of amides is 1. The lowest BCUT2D eigenvalue weighted by Crippen LogP contribution is -2.13. The van der Waals surface area contributed by atoms with Crippen LogP contribution in [-0.4, -0.2) is 32.2 Å². The number of anilines is 1. The second kappa shape index (κ2) is 5.27. The summed E-state index contributed by atoms with van der Waals surface area (Å²) in [5.41, 5.74) is -0.127. The second-order valence-electron chi connectivity index (χ2n) is 3.86. The molecule has 102 valence electrons. The first-order valence-corrected chi connectivity index (χ1v) is 5.50. The van der Waals surface area contributed by atoms with E-state index in [0.717, 1.165) is 6.20 Å². The van der Waals surface area contributed by atoms with Crippen LogP contribution in [0.25, 0.3) is 0 Å². The third-order valence-electron chi connectivity index (χ3n) is 2.51. The molecule has 7 heteroatoms. The van der Waals surface area contributed by atoms with Gasteiger partial charge in [0, 0.05) is 6.20 Å². The predicted octanol–water partition coefficient (Wildman–Crippen LogP) is 1.44. The first-order chi connectivity index (χ1) is 9.49. The van der Waals surface area contributed by atoms with Gasteiger partial charge in [0.1, 0.15) is 5.82 Å². The van der Waals surface area contributed by atoms with Crippen molar-refractivity contribution in [3.63, 3.8) is 0 Å². The summed E-state index contributed by atoms with van der Waals surface area (Å²) in [7, 11) is 0. The zero-order valence-corrected chi connectivity index (χ0v) is 10.1. The molecule has 1 aromatic heterocycles. The lowest BCUT2D eigenvalue weighted by atomic mass is 10.1. The Bertz CT molecular complexity index is 667. The molecular weight excluding hydrogens is 264 g/mol. The van der Waals surface area contributed by atoms with Crippen LogP contribution in [0.1, 0.15) is 20.7 Å². The Balaban J connectivity index is 2.19. The fraction of sp³-hybridized carbons (Fsp3) is 0. The Morgan fingerprint density at radius 2 is 1.85 bits per heavy atom. The number of carbonyl (C=O) groups excluding carboxylic acids is 1.